The van der Waals surface area contributed by atoms with Crippen molar-refractivity contribution >= 4 is 5.91 Å². The Kier molecular flexibility index (Phi) is 4.22. The van der Waals surface area contributed by atoms with Gasteiger partial charge in [0.15, 0.2) is 0 Å². The average Bonchev–Trinajstić information content (AvgIpc) is 3.03. The van der Waals surface area contributed by atoms with Gasteiger partial charge in [-0.2, -0.15) is 0 Å². The Morgan fingerprint density at radius 1 is 1.43 bits per heavy atom. The number of carbonyl (C=O) groups is 1. The first kappa shape index (κ1) is 14.5. The van der Waals surface area contributed by atoms with Gasteiger partial charge in [0.05, 0.1) is 6.54 Å². The summed E-state index contributed by atoms with van der Waals surface area (Å²) in [6.07, 6.45) is 0. The second kappa shape index (κ2) is 6.12. The average molecular weight is 291 g/mol. The van der Waals surface area contributed by atoms with Gasteiger partial charge in [0.2, 0.25) is 5.91 Å². The highest BCUT2D eigenvalue weighted by Crippen LogP contribution is 2.31. The molecule has 2 heterocycles. The molecule has 3 rings (SSSR count). The maximum Gasteiger partial charge on any atom is 0.234 e. The van der Waals surface area contributed by atoms with Crippen LogP contribution in [0, 0.1) is 17.7 Å². The van der Waals surface area contributed by atoms with E-state index in [1.165, 1.54) is 6.07 Å². The number of hydrogen-bond acceptors (Lipinski definition) is 3. The molecule has 5 heteroatoms. The quantitative estimate of drug-likeness (QED) is 0.869. The first-order valence-corrected chi connectivity index (χ1v) is 7.60. The van der Waals surface area contributed by atoms with E-state index in [9.17, 15) is 9.18 Å². The molecule has 2 aliphatic rings. The van der Waals surface area contributed by atoms with Crippen LogP contribution in [0.15, 0.2) is 24.3 Å². The summed E-state index contributed by atoms with van der Waals surface area (Å²) in [7, 11) is 0. The first-order valence-electron chi connectivity index (χ1n) is 7.60. The number of amides is 1. The summed E-state index contributed by atoms with van der Waals surface area (Å²) < 4.78 is 13.5. The molecule has 2 fully saturated rings. The van der Waals surface area contributed by atoms with Gasteiger partial charge in [0.1, 0.15) is 5.82 Å². The Labute approximate surface area is 124 Å². The van der Waals surface area contributed by atoms with E-state index < -0.39 is 0 Å². The number of rotatable bonds is 4. The number of halogens is 1. The van der Waals surface area contributed by atoms with Gasteiger partial charge in [-0.05, 0) is 37.9 Å². The number of benzene rings is 1. The third kappa shape index (κ3) is 3.09. The van der Waals surface area contributed by atoms with E-state index in [-0.39, 0.29) is 18.3 Å². The fraction of sp³-hybridized carbons (Fsp3) is 0.562. The van der Waals surface area contributed by atoms with Crippen LogP contribution in [0.5, 0.6) is 0 Å². The minimum Gasteiger partial charge on any atom is -0.351 e. The maximum absolute atomic E-state index is 13.5. The van der Waals surface area contributed by atoms with Crippen LogP contribution < -0.4 is 10.6 Å². The van der Waals surface area contributed by atoms with Crippen molar-refractivity contribution in [2.75, 3.05) is 26.2 Å². The van der Waals surface area contributed by atoms with Crippen LogP contribution >= 0.6 is 0 Å². The molecule has 2 aliphatic heterocycles. The van der Waals surface area contributed by atoms with Crippen molar-refractivity contribution in [2.24, 2.45) is 11.8 Å². The van der Waals surface area contributed by atoms with Crippen molar-refractivity contribution in [1.82, 2.24) is 15.5 Å². The monoisotopic (exact) mass is 291 g/mol. The third-order valence-electron chi connectivity index (χ3n) is 4.84. The van der Waals surface area contributed by atoms with Gasteiger partial charge in [-0.3, -0.25) is 9.69 Å². The molecule has 0 aromatic heterocycles. The van der Waals surface area contributed by atoms with E-state index in [4.69, 9.17) is 0 Å². The minimum absolute atomic E-state index is 0.0296. The molecule has 2 N–H and O–H groups in total. The highest BCUT2D eigenvalue weighted by atomic mass is 19.1. The van der Waals surface area contributed by atoms with E-state index in [1.54, 1.807) is 18.2 Å². The van der Waals surface area contributed by atoms with Crippen molar-refractivity contribution in [1.29, 1.82) is 0 Å². The van der Waals surface area contributed by atoms with Crippen LogP contribution in [0.2, 0.25) is 0 Å². The minimum atomic E-state index is -0.270. The molecule has 1 aromatic carbocycles. The Hall–Kier alpha value is -1.46. The molecule has 0 radical (unpaired) electrons. The third-order valence-corrected chi connectivity index (χ3v) is 4.84. The molecule has 4 nitrogen and oxygen atoms in total. The zero-order valence-corrected chi connectivity index (χ0v) is 12.3. The molecule has 114 valence electrons. The largest absolute Gasteiger partial charge is 0.351 e. The van der Waals surface area contributed by atoms with Crippen molar-refractivity contribution in [3.63, 3.8) is 0 Å². The van der Waals surface area contributed by atoms with Gasteiger partial charge in [-0.25, -0.2) is 4.39 Å². The van der Waals surface area contributed by atoms with Crippen LogP contribution in [-0.4, -0.2) is 43.0 Å². The molecule has 0 spiro atoms. The van der Waals surface area contributed by atoms with Gasteiger partial charge in [-0.15, -0.1) is 0 Å². The molecule has 0 saturated carbocycles. The molecular formula is C16H22FN3O. The van der Waals surface area contributed by atoms with Crippen molar-refractivity contribution in [2.45, 2.75) is 19.5 Å². The lowest BCUT2D eigenvalue weighted by molar-refractivity contribution is -0.122. The first-order chi connectivity index (χ1) is 10.1. The Bertz CT molecular complexity index is 522. The molecular weight excluding hydrogens is 269 g/mol. The van der Waals surface area contributed by atoms with E-state index in [1.807, 2.05) is 0 Å². The molecule has 2 saturated heterocycles. The summed E-state index contributed by atoms with van der Waals surface area (Å²) in [5.41, 5.74) is 0.529. The highest BCUT2D eigenvalue weighted by Gasteiger charge is 2.41. The zero-order chi connectivity index (χ0) is 14.8. The van der Waals surface area contributed by atoms with Crippen LogP contribution in [0.25, 0.3) is 0 Å². The molecule has 21 heavy (non-hydrogen) atoms. The molecule has 3 unspecified atom stereocenters. The van der Waals surface area contributed by atoms with Gasteiger partial charge in [0.25, 0.3) is 0 Å². The van der Waals surface area contributed by atoms with E-state index in [0.717, 1.165) is 19.6 Å². The summed E-state index contributed by atoms with van der Waals surface area (Å²) in [6.45, 7) is 5.94. The Morgan fingerprint density at radius 3 is 3.00 bits per heavy atom. The van der Waals surface area contributed by atoms with Crippen LogP contribution in [0.4, 0.5) is 4.39 Å². The van der Waals surface area contributed by atoms with E-state index >= 15 is 0 Å². The normalized spacial score (nSPS) is 28.6. The van der Waals surface area contributed by atoms with Crippen LogP contribution in [0.1, 0.15) is 12.5 Å². The second-order valence-corrected chi connectivity index (χ2v) is 6.12. The smallest absolute Gasteiger partial charge is 0.234 e. The highest BCUT2D eigenvalue weighted by molar-refractivity contribution is 5.78. The summed E-state index contributed by atoms with van der Waals surface area (Å²) >= 11 is 0. The SMILES string of the molecule is CC1C2CNCC2CN1CC(=O)NCc1ccccc1F. The van der Waals surface area contributed by atoms with Gasteiger partial charge in [-0.1, -0.05) is 18.2 Å². The van der Waals surface area contributed by atoms with Gasteiger partial charge in [0, 0.05) is 24.7 Å². The fourth-order valence-electron chi connectivity index (χ4n) is 3.54. The summed E-state index contributed by atoms with van der Waals surface area (Å²) in [5, 5.41) is 6.23. The van der Waals surface area contributed by atoms with Gasteiger partial charge < -0.3 is 10.6 Å². The molecule has 1 amide bonds. The summed E-state index contributed by atoms with van der Waals surface area (Å²) in [6, 6.07) is 6.98. The second-order valence-electron chi connectivity index (χ2n) is 6.12. The zero-order valence-electron chi connectivity index (χ0n) is 12.3. The summed E-state index contributed by atoms with van der Waals surface area (Å²) in [4.78, 5) is 14.3. The predicted octanol–water partition coefficient (Wildman–Crippen LogP) is 0.982. The van der Waals surface area contributed by atoms with E-state index in [0.29, 0.717) is 30.0 Å². The number of fused-ring (bicyclic) bond motifs is 1. The molecule has 3 atom stereocenters. The van der Waals surface area contributed by atoms with Crippen LogP contribution in [-0.2, 0) is 11.3 Å². The number of nitrogens with zero attached hydrogens (tertiary/aromatic N) is 1. The lowest BCUT2D eigenvalue weighted by Gasteiger charge is -2.23. The number of nitrogens with one attached hydrogen (secondary N) is 2. The van der Waals surface area contributed by atoms with Crippen molar-refractivity contribution < 1.29 is 9.18 Å². The summed E-state index contributed by atoms with van der Waals surface area (Å²) in [5.74, 6) is 1.02. The number of likely N-dealkylation sites (tertiary alicyclic amines) is 1. The Balaban J connectivity index is 1.50. The maximum atomic E-state index is 13.5. The predicted molar refractivity (Wildman–Crippen MR) is 79.1 cm³/mol. The lowest BCUT2D eigenvalue weighted by atomic mass is 9.95. The lowest BCUT2D eigenvalue weighted by Crippen LogP contribution is -2.41. The van der Waals surface area contributed by atoms with Gasteiger partial charge >= 0.3 is 0 Å². The molecule has 0 aliphatic carbocycles. The van der Waals surface area contributed by atoms with Crippen molar-refractivity contribution in [3.05, 3.63) is 35.6 Å². The standard InChI is InChI=1S/C16H22FN3O/c1-11-14-8-18-6-13(14)9-20(11)10-16(21)19-7-12-4-2-3-5-15(12)17/h2-5,11,13-14,18H,6-10H2,1H3,(H,19,21). The topological polar surface area (TPSA) is 44.4 Å². The fourth-order valence-corrected chi connectivity index (χ4v) is 3.54. The van der Waals surface area contributed by atoms with Crippen molar-refractivity contribution in [3.8, 4) is 0 Å². The Morgan fingerprint density at radius 2 is 2.24 bits per heavy atom. The number of hydrogen-bond donors (Lipinski definition) is 2. The van der Waals surface area contributed by atoms with E-state index in [2.05, 4.69) is 22.5 Å². The molecule has 1 aromatic rings. The number of carbonyl (C=O) groups excluding carboxylic acids is 1. The van der Waals surface area contributed by atoms with Crippen LogP contribution in [0.3, 0.4) is 0 Å². The molecule has 0 bridgehead atoms.